The first-order valence-corrected chi connectivity index (χ1v) is 5.93. The lowest BCUT2D eigenvalue weighted by molar-refractivity contribution is -0.154. The van der Waals surface area contributed by atoms with Crippen LogP contribution in [0.3, 0.4) is 0 Å². The van der Waals surface area contributed by atoms with Gasteiger partial charge >= 0.3 is 5.97 Å². The largest absolute Gasteiger partial charge is 0.481 e. The highest BCUT2D eigenvalue weighted by atomic mass is 19.1. The zero-order valence-corrected chi connectivity index (χ0v) is 10.9. The van der Waals surface area contributed by atoms with Crippen molar-refractivity contribution in [3.8, 4) is 0 Å². The summed E-state index contributed by atoms with van der Waals surface area (Å²) in [5.41, 5.74) is -0.819. The van der Waals surface area contributed by atoms with Crippen molar-refractivity contribution in [2.24, 2.45) is 11.8 Å². The van der Waals surface area contributed by atoms with Crippen LogP contribution in [-0.2, 0) is 11.2 Å². The van der Waals surface area contributed by atoms with E-state index in [0.717, 1.165) is 0 Å². The summed E-state index contributed by atoms with van der Waals surface area (Å²) >= 11 is 0. The maximum Gasteiger partial charge on any atom is 0.309 e. The van der Waals surface area contributed by atoms with Crippen LogP contribution in [0.15, 0.2) is 24.3 Å². The number of carboxylic acids is 1. The van der Waals surface area contributed by atoms with Crippen molar-refractivity contribution < 1.29 is 19.4 Å². The minimum Gasteiger partial charge on any atom is -0.481 e. The molecule has 0 bridgehead atoms. The number of rotatable bonds is 5. The van der Waals surface area contributed by atoms with E-state index in [1.165, 1.54) is 19.1 Å². The molecule has 2 unspecified atom stereocenters. The molecule has 0 saturated heterocycles. The van der Waals surface area contributed by atoms with E-state index < -0.39 is 17.5 Å². The molecule has 0 aromatic heterocycles. The lowest BCUT2D eigenvalue weighted by Gasteiger charge is -2.32. The molecule has 0 aliphatic heterocycles. The number of halogens is 1. The highest BCUT2D eigenvalue weighted by Gasteiger charge is 2.39. The molecule has 0 fully saturated rings. The molecule has 0 saturated carbocycles. The Morgan fingerprint density at radius 2 is 2.06 bits per heavy atom. The van der Waals surface area contributed by atoms with Gasteiger partial charge < -0.3 is 10.2 Å². The molecular formula is C14H19FO3. The van der Waals surface area contributed by atoms with Gasteiger partial charge in [0.05, 0.1) is 11.5 Å². The van der Waals surface area contributed by atoms with Gasteiger partial charge in [0, 0.05) is 6.42 Å². The van der Waals surface area contributed by atoms with Gasteiger partial charge in [0.15, 0.2) is 0 Å². The number of aliphatic hydroxyl groups is 1. The lowest BCUT2D eigenvalue weighted by Crippen LogP contribution is -2.44. The normalized spacial score (nSPS) is 16.3. The summed E-state index contributed by atoms with van der Waals surface area (Å²) in [5, 5.41) is 19.5. The highest BCUT2D eigenvalue weighted by molar-refractivity contribution is 5.71. The maximum atomic E-state index is 13.1. The smallest absolute Gasteiger partial charge is 0.309 e. The van der Waals surface area contributed by atoms with Gasteiger partial charge in [-0.15, -0.1) is 0 Å². The van der Waals surface area contributed by atoms with E-state index in [9.17, 15) is 19.4 Å². The number of aliphatic carboxylic acids is 1. The topological polar surface area (TPSA) is 57.5 Å². The second kappa shape index (κ2) is 5.48. The van der Waals surface area contributed by atoms with E-state index in [-0.39, 0.29) is 18.2 Å². The van der Waals surface area contributed by atoms with Crippen LogP contribution in [0.25, 0.3) is 0 Å². The lowest BCUT2D eigenvalue weighted by atomic mass is 9.77. The van der Waals surface area contributed by atoms with Gasteiger partial charge in [0.25, 0.3) is 0 Å². The number of carboxylic acid groups (broad SMARTS) is 1. The average Bonchev–Trinajstić information content (AvgIpc) is 2.13. The second-order valence-electron chi connectivity index (χ2n) is 5.22. The number of carbonyl (C=O) groups is 1. The Morgan fingerprint density at radius 3 is 2.50 bits per heavy atom. The van der Waals surface area contributed by atoms with Crippen LogP contribution in [0.2, 0.25) is 0 Å². The van der Waals surface area contributed by atoms with Gasteiger partial charge in [-0.2, -0.15) is 0 Å². The highest BCUT2D eigenvalue weighted by Crippen LogP contribution is 2.29. The van der Waals surface area contributed by atoms with E-state index in [4.69, 9.17) is 0 Å². The molecule has 0 aliphatic carbocycles. The van der Waals surface area contributed by atoms with E-state index in [2.05, 4.69) is 0 Å². The Hall–Kier alpha value is -1.42. The van der Waals surface area contributed by atoms with Crippen LogP contribution < -0.4 is 0 Å². The molecule has 0 radical (unpaired) electrons. The molecule has 2 atom stereocenters. The molecular weight excluding hydrogens is 235 g/mol. The van der Waals surface area contributed by atoms with Crippen molar-refractivity contribution in [3.63, 3.8) is 0 Å². The molecule has 0 aliphatic rings. The van der Waals surface area contributed by atoms with Gasteiger partial charge in [0.1, 0.15) is 5.82 Å². The molecule has 4 heteroatoms. The second-order valence-corrected chi connectivity index (χ2v) is 5.22. The summed E-state index contributed by atoms with van der Waals surface area (Å²) in [7, 11) is 0. The molecule has 0 amide bonds. The molecule has 1 aromatic rings. The minimum absolute atomic E-state index is 0.111. The third kappa shape index (κ3) is 3.53. The van der Waals surface area contributed by atoms with Crippen LogP contribution in [0, 0.1) is 17.7 Å². The SMILES string of the molecule is CC(C)C(C(=O)O)C(C)(O)Cc1cccc(F)c1. The predicted molar refractivity (Wildman–Crippen MR) is 66.7 cm³/mol. The standard InChI is InChI=1S/C14H19FO3/c1-9(2)12(13(16)17)14(3,18)8-10-5-4-6-11(15)7-10/h4-7,9,12,18H,8H2,1-3H3,(H,16,17). The molecule has 100 valence electrons. The maximum absolute atomic E-state index is 13.1. The zero-order chi connectivity index (χ0) is 13.9. The number of benzene rings is 1. The molecule has 2 N–H and O–H groups in total. The van der Waals surface area contributed by atoms with Crippen molar-refractivity contribution in [2.45, 2.75) is 32.8 Å². The third-order valence-corrected chi connectivity index (χ3v) is 3.05. The van der Waals surface area contributed by atoms with Gasteiger partial charge in [-0.05, 0) is 30.5 Å². The van der Waals surface area contributed by atoms with Crippen LogP contribution in [0.4, 0.5) is 4.39 Å². The van der Waals surface area contributed by atoms with Gasteiger partial charge in [-0.25, -0.2) is 4.39 Å². The van der Waals surface area contributed by atoms with Gasteiger partial charge in [-0.3, -0.25) is 4.79 Å². The van der Waals surface area contributed by atoms with E-state index in [1.807, 2.05) is 0 Å². The van der Waals surface area contributed by atoms with Crippen LogP contribution in [0.1, 0.15) is 26.3 Å². The first-order valence-electron chi connectivity index (χ1n) is 5.93. The molecule has 1 rings (SSSR count). The molecule has 1 aromatic carbocycles. The molecule has 18 heavy (non-hydrogen) atoms. The predicted octanol–water partition coefficient (Wildman–Crippen LogP) is 2.48. The Labute approximate surface area is 106 Å². The number of hydrogen-bond acceptors (Lipinski definition) is 2. The quantitative estimate of drug-likeness (QED) is 0.848. The Kier molecular flexibility index (Phi) is 4.46. The summed E-state index contributed by atoms with van der Waals surface area (Å²) in [6.45, 7) is 4.98. The van der Waals surface area contributed by atoms with Crippen molar-refractivity contribution in [1.82, 2.24) is 0 Å². The van der Waals surface area contributed by atoms with Gasteiger partial charge in [-0.1, -0.05) is 26.0 Å². The van der Waals surface area contributed by atoms with Crippen LogP contribution in [-0.4, -0.2) is 21.8 Å². The van der Waals surface area contributed by atoms with Crippen LogP contribution >= 0.6 is 0 Å². The van der Waals surface area contributed by atoms with Crippen molar-refractivity contribution in [1.29, 1.82) is 0 Å². The zero-order valence-electron chi connectivity index (χ0n) is 10.9. The van der Waals surface area contributed by atoms with E-state index >= 15 is 0 Å². The van der Waals surface area contributed by atoms with E-state index in [0.29, 0.717) is 5.56 Å². The average molecular weight is 254 g/mol. The summed E-state index contributed by atoms with van der Waals surface area (Å²) in [6.07, 6.45) is 0.111. The monoisotopic (exact) mass is 254 g/mol. The van der Waals surface area contributed by atoms with Crippen molar-refractivity contribution in [3.05, 3.63) is 35.6 Å². The summed E-state index contributed by atoms with van der Waals surface area (Å²) < 4.78 is 13.1. The Morgan fingerprint density at radius 1 is 1.44 bits per heavy atom. The summed E-state index contributed by atoms with van der Waals surface area (Å²) in [4.78, 5) is 11.2. The summed E-state index contributed by atoms with van der Waals surface area (Å²) in [5.74, 6) is -2.52. The first-order chi connectivity index (χ1) is 8.24. The third-order valence-electron chi connectivity index (χ3n) is 3.05. The molecule has 0 spiro atoms. The fraction of sp³-hybridized carbons (Fsp3) is 0.500. The first kappa shape index (κ1) is 14.6. The Balaban J connectivity index is 2.95. The molecule has 0 heterocycles. The minimum atomic E-state index is -1.41. The fourth-order valence-corrected chi connectivity index (χ4v) is 2.44. The van der Waals surface area contributed by atoms with Gasteiger partial charge in [0.2, 0.25) is 0 Å². The summed E-state index contributed by atoms with van der Waals surface area (Å²) in [6, 6.07) is 5.85. The Bertz CT molecular complexity index is 427. The van der Waals surface area contributed by atoms with Crippen molar-refractivity contribution >= 4 is 5.97 Å². The van der Waals surface area contributed by atoms with Crippen molar-refractivity contribution in [2.75, 3.05) is 0 Å². The molecule has 3 nitrogen and oxygen atoms in total. The van der Waals surface area contributed by atoms with Crippen LogP contribution in [0.5, 0.6) is 0 Å². The van der Waals surface area contributed by atoms with E-state index in [1.54, 1.807) is 26.0 Å². The number of hydrogen-bond donors (Lipinski definition) is 2. The fourth-order valence-electron chi connectivity index (χ4n) is 2.44.